The standard InChI is InChI=1S/C63H61N/c1-59(2)34-36-61(5,6)55-38-43(30-32-52(55)59)49-40-50-48-27-17-18-28-51(48)63(44-22-11-9-12-23-44,45-24-13-10-14-25-45)54(50)41-58(49)64(57-29-19-21-42-20-15-16-26-47(42)57)46-31-33-53-56(39-46)62(7,8)37-35-60(53,3)4/h9-33,38-41H,34-37H2,1-8H3. The van der Waals surface area contributed by atoms with Gasteiger partial charge in [-0.25, -0.2) is 0 Å². The highest BCUT2D eigenvalue weighted by atomic mass is 15.1. The first-order valence-corrected chi connectivity index (χ1v) is 23.7. The van der Waals surface area contributed by atoms with Crippen molar-refractivity contribution in [3.63, 3.8) is 0 Å². The lowest BCUT2D eigenvalue weighted by atomic mass is 9.63. The summed E-state index contributed by atoms with van der Waals surface area (Å²) in [6.45, 7) is 19.6. The van der Waals surface area contributed by atoms with Gasteiger partial charge in [0.25, 0.3) is 0 Å². The molecule has 1 heteroatoms. The Morgan fingerprint density at radius 1 is 0.344 bits per heavy atom. The van der Waals surface area contributed by atoms with Crippen molar-refractivity contribution in [2.75, 3.05) is 4.90 Å². The van der Waals surface area contributed by atoms with E-state index in [0.29, 0.717) is 0 Å². The van der Waals surface area contributed by atoms with Crippen LogP contribution in [0.15, 0.2) is 176 Å². The normalized spacial score (nSPS) is 18.1. The van der Waals surface area contributed by atoms with Crippen LogP contribution in [-0.2, 0) is 27.1 Å². The molecule has 0 heterocycles. The van der Waals surface area contributed by atoms with Gasteiger partial charge in [0.15, 0.2) is 0 Å². The largest absolute Gasteiger partial charge is 0.309 e. The minimum Gasteiger partial charge on any atom is -0.309 e. The summed E-state index contributed by atoms with van der Waals surface area (Å²) in [5.74, 6) is 0. The van der Waals surface area contributed by atoms with Gasteiger partial charge < -0.3 is 4.90 Å². The van der Waals surface area contributed by atoms with Crippen LogP contribution in [-0.4, -0.2) is 0 Å². The van der Waals surface area contributed by atoms with Gasteiger partial charge in [-0.1, -0.05) is 201 Å². The smallest absolute Gasteiger partial charge is 0.0714 e. The molecule has 8 aromatic carbocycles. The van der Waals surface area contributed by atoms with Crippen LogP contribution < -0.4 is 4.90 Å². The maximum atomic E-state index is 2.63. The summed E-state index contributed by atoms with van der Waals surface area (Å²) in [5.41, 5.74) is 19.6. The Kier molecular flexibility index (Phi) is 9.14. The van der Waals surface area contributed by atoms with E-state index >= 15 is 0 Å². The summed E-state index contributed by atoms with van der Waals surface area (Å²) in [5, 5.41) is 2.47. The summed E-state index contributed by atoms with van der Waals surface area (Å²) in [6.07, 6.45) is 4.70. The van der Waals surface area contributed by atoms with E-state index in [1.54, 1.807) is 0 Å². The highest BCUT2D eigenvalue weighted by Gasteiger charge is 2.47. The van der Waals surface area contributed by atoms with Crippen molar-refractivity contribution in [1.29, 1.82) is 0 Å². The van der Waals surface area contributed by atoms with Gasteiger partial charge >= 0.3 is 0 Å². The Morgan fingerprint density at radius 2 is 0.875 bits per heavy atom. The Labute approximate surface area is 381 Å². The lowest BCUT2D eigenvalue weighted by Gasteiger charge is -2.43. The molecule has 64 heavy (non-hydrogen) atoms. The van der Waals surface area contributed by atoms with Crippen LogP contribution in [0.25, 0.3) is 33.0 Å². The van der Waals surface area contributed by atoms with Gasteiger partial charge in [0.2, 0.25) is 0 Å². The van der Waals surface area contributed by atoms with E-state index in [0.717, 1.165) is 6.42 Å². The van der Waals surface area contributed by atoms with Crippen LogP contribution in [0.1, 0.15) is 126 Å². The second-order valence-electron chi connectivity index (χ2n) is 21.8. The van der Waals surface area contributed by atoms with Crippen molar-refractivity contribution in [3.8, 4) is 22.3 Å². The summed E-state index contributed by atoms with van der Waals surface area (Å²) in [4.78, 5) is 2.63. The number of nitrogens with zero attached hydrogens (tertiary/aromatic N) is 1. The van der Waals surface area contributed by atoms with Crippen molar-refractivity contribution >= 4 is 27.8 Å². The number of hydrogen-bond acceptors (Lipinski definition) is 1. The van der Waals surface area contributed by atoms with E-state index in [-0.39, 0.29) is 21.7 Å². The number of hydrogen-bond donors (Lipinski definition) is 0. The first-order chi connectivity index (χ1) is 30.7. The topological polar surface area (TPSA) is 3.24 Å². The predicted octanol–water partition coefficient (Wildman–Crippen LogP) is 17.0. The Hall–Kier alpha value is -6.18. The van der Waals surface area contributed by atoms with Crippen molar-refractivity contribution in [2.45, 2.75) is 108 Å². The van der Waals surface area contributed by atoms with Gasteiger partial charge in [0.05, 0.1) is 16.8 Å². The summed E-state index contributed by atoms with van der Waals surface area (Å²) in [7, 11) is 0. The molecule has 0 radical (unpaired) electrons. The highest BCUT2D eigenvalue weighted by molar-refractivity contribution is 6.03. The van der Waals surface area contributed by atoms with Crippen LogP contribution >= 0.6 is 0 Å². The molecule has 0 unspecified atom stereocenters. The van der Waals surface area contributed by atoms with E-state index in [1.807, 2.05) is 0 Å². The monoisotopic (exact) mass is 831 g/mol. The van der Waals surface area contributed by atoms with Gasteiger partial charge in [0.1, 0.15) is 0 Å². The second kappa shape index (κ2) is 14.4. The van der Waals surface area contributed by atoms with Crippen LogP contribution in [0.5, 0.6) is 0 Å². The zero-order valence-electron chi connectivity index (χ0n) is 39.0. The van der Waals surface area contributed by atoms with Crippen molar-refractivity contribution in [3.05, 3.63) is 220 Å². The first-order valence-electron chi connectivity index (χ1n) is 23.7. The Morgan fingerprint density at radius 3 is 1.53 bits per heavy atom. The van der Waals surface area contributed by atoms with E-state index in [9.17, 15) is 0 Å². The van der Waals surface area contributed by atoms with Gasteiger partial charge in [-0.2, -0.15) is 0 Å². The molecule has 3 aliphatic carbocycles. The molecule has 0 saturated heterocycles. The first kappa shape index (κ1) is 40.6. The molecule has 0 aromatic heterocycles. The molecule has 318 valence electrons. The molecule has 0 fully saturated rings. The fraction of sp³-hybridized carbons (Fsp3) is 0.270. The second-order valence-corrected chi connectivity index (χ2v) is 21.8. The van der Waals surface area contributed by atoms with Crippen LogP contribution in [0, 0.1) is 0 Å². The number of benzene rings is 8. The average molecular weight is 832 g/mol. The third-order valence-electron chi connectivity index (χ3n) is 16.1. The van der Waals surface area contributed by atoms with Gasteiger partial charge in [-0.15, -0.1) is 0 Å². The molecule has 0 saturated carbocycles. The van der Waals surface area contributed by atoms with Gasteiger partial charge in [0, 0.05) is 16.6 Å². The van der Waals surface area contributed by atoms with E-state index in [1.165, 1.54) is 114 Å². The SMILES string of the molecule is CC1(C)CCC(C)(C)c2cc(-c3cc4c(cc3N(c3ccc5c(c3)C(C)(C)CCC5(C)C)c3cccc5ccccc35)C(c3ccccc3)(c3ccccc3)c3ccccc3-4)ccc21. The Balaban J connectivity index is 1.30. The average Bonchev–Trinajstić information content (AvgIpc) is 3.60. The molecule has 0 spiro atoms. The minimum absolute atomic E-state index is 0.0420. The van der Waals surface area contributed by atoms with Gasteiger partial charge in [-0.3, -0.25) is 0 Å². The molecule has 8 aromatic rings. The fourth-order valence-corrected chi connectivity index (χ4v) is 12.2. The highest BCUT2D eigenvalue weighted by Crippen LogP contribution is 2.60. The number of anilines is 3. The maximum Gasteiger partial charge on any atom is 0.0714 e. The molecule has 1 nitrogen and oxygen atoms in total. The van der Waals surface area contributed by atoms with E-state index in [4.69, 9.17) is 0 Å². The molecule has 11 rings (SSSR count). The van der Waals surface area contributed by atoms with Crippen molar-refractivity contribution < 1.29 is 0 Å². The fourth-order valence-electron chi connectivity index (χ4n) is 12.2. The molecule has 0 atom stereocenters. The van der Waals surface area contributed by atoms with Gasteiger partial charge in [-0.05, 0) is 144 Å². The molecular formula is C63H61N. The maximum absolute atomic E-state index is 2.63. The molecule has 0 amide bonds. The quantitative estimate of drug-likeness (QED) is 0.161. The number of rotatable bonds is 6. The Bertz CT molecular complexity index is 3060. The predicted molar refractivity (Wildman–Crippen MR) is 272 cm³/mol. The summed E-state index contributed by atoms with van der Waals surface area (Å²) >= 11 is 0. The molecule has 3 aliphatic rings. The number of fused-ring (bicyclic) bond motifs is 6. The summed E-state index contributed by atoms with van der Waals surface area (Å²) in [6, 6.07) is 67.7. The summed E-state index contributed by atoms with van der Waals surface area (Å²) < 4.78 is 0. The zero-order chi connectivity index (χ0) is 44.2. The van der Waals surface area contributed by atoms with Crippen molar-refractivity contribution in [1.82, 2.24) is 0 Å². The molecular weight excluding hydrogens is 771 g/mol. The van der Waals surface area contributed by atoms with Crippen LogP contribution in [0.3, 0.4) is 0 Å². The zero-order valence-corrected chi connectivity index (χ0v) is 39.0. The van der Waals surface area contributed by atoms with E-state index in [2.05, 4.69) is 236 Å². The van der Waals surface area contributed by atoms with Crippen molar-refractivity contribution in [2.24, 2.45) is 0 Å². The van der Waals surface area contributed by atoms with E-state index < -0.39 is 5.41 Å². The lowest BCUT2D eigenvalue weighted by Crippen LogP contribution is -2.34. The molecule has 0 aliphatic heterocycles. The third-order valence-corrected chi connectivity index (χ3v) is 16.1. The van der Waals surface area contributed by atoms with Crippen LogP contribution in [0.2, 0.25) is 0 Å². The molecule has 0 bridgehead atoms. The van der Waals surface area contributed by atoms with Crippen LogP contribution in [0.4, 0.5) is 17.1 Å². The molecule has 0 N–H and O–H groups in total. The lowest BCUT2D eigenvalue weighted by molar-refractivity contribution is 0.332. The minimum atomic E-state index is -0.546. The third kappa shape index (κ3) is 6.10.